The van der Waals surface area contributed by atoms with E-state index >= 15 is 0 Å². The molecule has 0 atom stereocenters. The van der Waals surface area contributed by atoms with Crippen LogP contribution in [0, 0.1) is 0 Å². The zero-order valence-electron chi connectivity index (χ0n) is 11.4. The molecule has 0 radical (unpaired) electrons. The molecule has 1 aromatic carbocycles. The van der Waals surface area contributed by atoms with Gasteiger partial charge in [-0.2, -0.15) is 0 Å². The number of anilines is 1. The summed E-state index contributed by atoms with van der Waals surface area (Å²) in [6, 6.07) is 10.2. The van der Waals surface area contributed by atoms with Crippen LogP contribution in [-0.2, 0) is 0 Å². The molecule has 0 spiro atoms. The third-order valence-electron chi connectivity index (χ3n) is 2.99. The smallest absolute Gasteiger partial charge is 0.343 e. The van der Waals surface area contributed by atoms with Crippen LogP contribution >= 0.6 is 27.3 Å². The molecule has 0 saturated heterocycles. The molecule has 3 aromatic rings. The minimum atomic E-state index is -1.22. The fourth-order valence-corrected chi connectivity index (χ4v) is 2.91. The van der Waals surface area contributed by atoms with E-state index in [9.17, 15) is 14.7 Å². The number of rotatable bonds is 4. The number of aromatic carboxylic acids is 1. The first-order valence-corrected chi connectivity index (χ1v) is 8.07. The van der Waals surface area contributed by atoms with E-state index in [1.165, 1.54) is 11.3 Å². The second-order valence-electron chi connectivity index (χ2n) is 4.48. The Bertz CT molecular complexity index is 856. The maximum absolute atomic E-state index is 12.2. The third-order valence-corrected chi connectivity index (χ3v) is 4.40. The summed E-state index contributed by atoms with van der Waals surface area (Å²) in [5, 5.41) is 17.4. The summed E-state index contributed by atoms with van der Waals surface area (Å²) in [5.74, 6) is -1.89. The van der Waals surface area contributed by atoms with Gasteiger partial charge in [-0.15, -0.1) is 11.3 Å². The van der Waals surface area contributed by atoms with Gasteiger partial charge in [0.15, 0.2) is 5.56 Å². The van der Waals surface area contributed by atoms with Gasteiger partial charge in [-0.3, -0.25) is 10.1 Å². The number of carbonyl (C=O) groups is 2. The van der Waals surface area contributed by atoms with Crippen molar-refractivity contribution in [1.29, 1.82) is 0 Å². The minimum Gasteiger partial charge on any atom is -0.477 e. The Morgan fingerprint density at radius 2 is 1.96 bits per heavy atom. The van der Waals surface area contributed by atoms with Gasteiger partial charge in [0, 0.05) is 10.0 Å². The highest BCUT2D eigenvalue weighted by Crippen LogP contribution is 2.32. The van der Waals surface area contributed by atoms with Crippen LogP contribution in [0.25, 0.3) is 10.6 Å². The van der Waals surface area contributed by atoms with Gasteiger partial charge < -0.3 is 9.63 Å². The van der Waals surface area contributed by atoms with Crippen molar-refractivity contribution in [3.05, 3.63) is 57.4 Å². The van der Waals surface area contributed by atoms with E-state index < -0.39 is 11.9 Å². The van der Waals surface area contributed by atoms with Crippen LogP contribution in [0.5, 0.6) is 0 Å². The molecule has 0 unspecified atom stereocenters. The number of benzene rings is 1. The molecule has 0 aliphatic heterocycles. The first kappa shape index (κ1) is 15.4. The molecule has 3 rings (SSSR count). The van der Waals surface area contributed by atoms with Crippen LogP contribution in [0.15, 0.2) is 50.8 Å². The molecule has 0 aliphatic carbocycles. The van der Waals surface area contributed by atoms with Crippen molar-refractivity contribution in [2.75, 3.05) is 5.32 Å². The van der Waals surface area contributed by atoms with E-state index in [1.807, 2.05) is 0 Å². The second kappa shape index (κ2) is 6.35. The summed E-state index contributed by atoms with van der Waals surface area (Å²) >= 11 is 4.61. The molecule has 8 heteroatoms. The van der Waals surface area contributed by atoms with Crippen LogP contribution in [-0.4, -0.2) is 22.1 Å². The normalized spacial score (nSPS) is 10.5. The van der Waals surface area contributed by atoms with Crippen molar-refractivity contribution in [2.24, 2.45) is 0 Å². The zero-order valence-corrected chi connectivity index (χ0v) is 13.8. The van der Waals surface area contributed by atoms with Gasteiger partial charge in [0.25, 0.3) is 5.91 Å². The van der Waals surface area contributed by atoms with E-state index in [1.54, 1.807) is 41.8 Å². The number of nitrogens with one attached hydrogen (secondary N) is 1. The molecular weight excluding hydrogens is 384 g/mol. The van der Waals surface area contributed by atoms with Gasteiger partial charge in [-0.1, -0.05) is 27.2 Å². The van der Waals surface area contributed by atoms with Crippen LogP contribution in [0.4, 0.5) is 5.88 Å². The molecule has 1 amide bonds. The van der Waals surface area contributed by atoms with Gasteiger partial charge in [0.05, 0.1) is 4.88 Å². The molecule has 2 N–H and O–H groups in total. The molecule has 116 valence electrons. The van der Waals surface area contributed by atoms with Crippen molar-refractivity contribution in [2.45, 2.75) is 0 Å². The number of aromatic nitrogens is 1. The number of hydrogen-bond acceptors (Lipinski definition) is 5. The van der Waals surface area contributed by atoms with Gasteiger partial charge >= 0.3 is 5.97 Å². The number of hydrogen-bond donors (Lipinski definition) is 2. The largest absolute Gasteiger partial charge is 0.477 e. The lowest BCUT2D eigenvalue weighted by molar-refractivity contribution is 0.0698. The number of carbonyl (C=O) groups excluding carboxylic acids is 1. The monoisotopic (exact) mass is 392 g/mol. The molecule has 23 heavy (non-hydrogen) atoms. The van der Waals surface area contributed by atoms with Crippen LogP contribution in [0.2, 0.25) is 0 Å². The number of nitrogens with zero attached hydrogens (tertiary/aromatic N) is 1. The number of thiophene rings is 1. The lowest BCUT2D eigenvalue weighted by Gasteiger charge is -2.03. The van der Waals surface area contributed by atoms with Gasteiger partial charge in [0.1, 0.15) is 5.69 Å². The Labute approximate surface area is 142 Å². The van der Waals surface area contributed by atoms with Crippen LogP contribution in [0.3, 0.4) is 0 Å². The summed E-state index contributed by atoms with van der Waals surface area (Å²) in [6.07, 6.45) is 0. The van der Waals surface area contributed by atoms with E-state index in [4.69, 9.17) is 4.52 Å². The van der Waals surface area contributed by atoms with E-state index in [0.717, 1.165) is 4.47 Å². The number of amides is 1. The molecule has 0 saturated carbocycles. The van der Waals surface area contributed by atoms with Gasteiger partial charge in [0.2, 0.25) is 5.88 Å². The molecule has 2 aromatic heterocycles. The first-order valence-electron chi connectivity index (χ1n) is 6.40. The molecule has 0 fully saturated rings. The second-order valence-corrected chi connectivity index (χ2v) is 6.34. The van der Waals surface area contributed by atoms with Crippen molar-refractivity contribution in [3.63, 3.8) is 0 Å². The SMILES string of the molecule is O=C(Nc1onc(-c2cccs2)c1C(=O)O)c1ccc(Br)cc1. The topological polar surface area (TPSA) is 92.4 Å². The van der Waals surface area contributed by atoms with Crippen molar-refractivity contribution < 1.29 is 19.2 Å². The molecule has 0 aliphatic rings. The maximum atomic E-state index is 12.2. The number of carboxylic acids is 1. The van der Waals surface area contributed by atoms with Crippen molar-refractivity contribution in [3.8, 4) is 10.6 Å². The highest BCUT2D eigenvalue weighted by atomic mass is 79.9. The Hall–Kier alpha value is -2.45. The predicted octanol–water partition coefficient (Wildman–Crippen LogP) is 4.12. The highest BCUT2D eigenvalue weighted by molar-refractivity contribution is 9.10. The van der Waals surface area contributed by atoms with Gasteiger partial charge in [-0.25, -0.2) is 4.79 Å². The third kappa shape index (κ3) is 3.17. The Balaban J connectivity index is 1.93. The average Bonchev–Trinajstić information content (AvgIpc) is 3.16. The Morgan fingerprint density at radius 3 is 2.57 bits per heavy atom. The first-order chi connectivity index (χ1) is 11.1. The van der Waals surface area contributed by atoms with Crippen LogP contribution in [0.1, 0.15) is 20.7 Å². The zero-order chi connectivity index (χ0) is 16.4. The summed E-state index contributed by atoms with van der Waals surface area (Å²) in [5.41, 5.74) is 0.398. The van der Waals surface area contributed by atoms with E-state index in [0.29, 0.717) is 10.4 Å². The minimum absolute atomic E-state index is 0.169. The summed E-state index contributed by atoms with van der Waals surface area (Å²) in [6.45, 7) is 0. The quantitative estimate of drug-likeness (QED) is 0.696. The average molecular weight is 393 g/mol. The lowest BCUT2D eigenvalue weighted by Crippen LogP contribution is -2.13. The van der Waals surface area contributed by atoms with Crippen molar-refractivity contribution >= 4 is 45.0 Å². The predicted molar refractivity (Wildman–Crippen MR) is 88.9 cm³/mol. The standard InChI is InChI=1S/C15H9BrN2O4S/c16-9-5-3-8(4-6-9)13(19)17-14-11(15(20)21)12(18-22-14)10-2-1-7-23-10/h1-7H,(H,17,19)(H,20,21). The molecule has 6 nitrogen and oxygen atoms in total. The Morgan fingerprint density at radius 1 is 1.22 bits per heavy atom. The van der Waals surface area contributed by atoms with E-state index in [2.05, 4.69) is 26.4 Å². The summed E-state index contributed by atoms with van der Waals surface area (Å²) in [4.78, 5) is 24.3. The summed E-state index contributed by atoms with van der Waals surface area (Å²) in [7, 11) is 0. The molecule has 2 heterocycles. The number of halogens is 1. The summed E-state index contributed by atoms with van der Waals surface area (Å²) < 4.78 is 5.86. The number of carboxylic acid groups (broad SMARTS) is 1. The van der Waals surface area contributed by atoms with Crippen molar-refractivity contribution in [1.82, 2.24) is 5.16 Å². The maximum Gasteiger partial charge on any atom is 0.343 e. The fourth-order valence-electron chi connectivity index (χ4n) is 1.93. The molecule has 0 bridgehead atoms. The Kier molecular flexibility index (Phi) is 4.26. The molecular formula is C15H9BrN2O4S. The lowest BCUT2D eigenvalue weighted by atomic mass is 10.2. The van der Waals surface area contributed by atoms with Crippen LogP contribution < -0.4 is 5.32 Å². The van der Waals surface area contributed by atoms with Gasteiger partial charge in [-0.05, 0) is 35.7 Å². The van der Waals surface area contributed by atoms with E-state index in [-0.39, 0.29) is 17.1 Å². The fraction of sp³-hybridized carbons (Fsp3) is 0. The highest BCUT2D eigenvalue weighted by Gasteiger charge is 2.25.